The molecule has 0 bridgehead atoms. The average molecular weight is 502 g/mol. The first-order valence-electron chi connectivity index (χ1n) is 10.1. The fourth-order valence-corrected chi connectivity index (χ4v) is 4.11. The van der Waals surface area contributed by atoms with E-state index in [1.165, 1.54) is 6.07 Å². The van der Waals surface area contributed by atoms with Gasteiger partial charge in [0.15, 0.2) is 11.7 Å². The van der Waals surface area contributed by atoms with Crippen molar-refractivity contribution in [2.45, 2.75) is 24.7 Å². The first kappa shape index (κ1) is 22.1. The summed E-state index contributed by atoms with van der Waals surface area (Å²) >= 11 is 3.34. The number of anilines is 1. The van der Waals surface area contributed by atoms with Crippen LogP contribution < -0.4 is 10.6 Å². The molecule has 2 N–H and O–H groups in total. The summed E-state index contributed by atoms with van der Waals surface area (Å²) in [4.78, 5) is 14.7. The van der Waals surface area contributed by atoms with E-state index in [0.29, 0.717) is 26.3 Å². The van der Waals surface area contributed by atoms with E-state index in [1.807, 2.05) is 0 Å². The zero-order valence-corrected chi connectivity index (χ0v) is 18.2. The summed E-state index contributed by atoms with van der Waals surface area (Å²) < 4.78 is 48.4. The molecule has 1 saturated heterocycles. The van der Waals surface area contributed by atoms with Crippen LogP contribution in [0.1, 0.15) is 34.6 Å². The fraction of sp³-hybridized carbons (Fsp3) is 0.500. The molecule has 1 aromatic heterocycles. The molecule has 0 saturated carbocycles. The Morgan fingerprint density at radius 3 is 2.65 bits per heavy atom. The second-order valence-electron chi connectivity index (χ2n) is 7.61. The summed E-state index contributed by atoms with van der Waals surface area (Å²) in [6.45, 7) is 3.94. The first-order chi connectivity index (χ1) is 14.8. The molecule has 0 unspecified atom stereocenters. The van der Waals surface area contributed by atoms with Gasteiger partial charge in [0.1, 0.15) is 5.82 Å². The van der Waals surface area contributed by atoms with Gasteiger partial charge in [0, 0.05) is 43.1 Å². The Balaban J connectivity index is 1.48. The molecule has 1 aromatic carbocycles. The van der Waals surface area contributed by atoms with Crippen LogP contribution in [0.4, 0.5) is 19.0 Å². The smallest absolute Gasteiger partial charge is 0.379 e. The molecule has 7 nitrogen and oxygen atoms in total. The zero-order chi connectivity index (χ0) is 22.0. The highest BCUT2D eigenvalue weighted by Gasteiger charge is 2.46. The number of nitrogens with zero attached hydrogens (tertiary/aromatic N) is 3. The number of carbonyl (C=O) groups excluding carboxylic acids is 1. The number of hydrogen-bond acceptors (Lipinski definition) is 5. The second kappa shape index (κ2) is 9.17. The van der Waals surface area contributed by atoms with Crippen molar-refractivity contribution in [2.75, 3.05) is 44.7 Å². The molecule has 168 valence electrons. The van der Waals surface area contributed by atoms with Gasteiger partial charge in [-0.05, 0) is 17.7 Å². The van der Waals surface area contributed by atoms with Crippen LogP contribution in [-0.2, 0) is 4.74 Å². The molecule has 2 atom stereocenters. The molecule has 0 aliphatic carbocycles. The highest BCUT2D eigenvalue weighted by molar-refractivity contribution is 9.10. The van der Waals surface area contributed by atoms with E-state index in [2.05, 4.69) is 36.6 Å². The predicted octanol–water partition coefficient (Wildman–Crippen LogP) is 3.37. The molecule has 11 heteroatoms. The molecular formula is C20H23BrF3N5O2. The number of ether oxygens (including phenoxy) is 1. The van der Waals surface area contributed by atoms with Crippen molar-refractivity contribution in [3.63, 3.8) is 0 Å². The molecule has 0 spiro atoms. The van der Waals surface area contributed by atoms with Gasteiger partial charge in [0.25, 0.3) is 5.91 Å². The molecule has 2 aromatic rings. The van der Waals surface area contributed by atoms with Crippen molar-refractivity contribution >= 4 is 27.7 Å². The minimum Gasteiger partial charge on any atom is -0.379 e. The van der Waals surface area contributed by atoms with Gasteiger partial charge in [0.05, 0.1) is 19.3 Å². The van der Waals surface area contributed by atoms with Crippen molar-refractivity contribution in [1.82, 2.24) is 20.0 Å². The maximum atomic E-state index is 13.8. The Hall–Kier alpha value is -2.11. The third kappa shape index (κ3) is 5.21. The SMILES string of the molecule is O=C(NCCN1CCOCC1)c1cc2n(n1)[C@@H](C(F)(F)F)C[C@H](c1ccc(Br)cc1)N2. The van der Waals surface area contributed by atoms with E-state index in [1.54, 1.807) is 24.3 Å². The van der Waals surface area contributed by atoms with Crippen molar-refractivity contribution in [3.8, 4) is 0 Å². The standard InChI is InChI=1S/C20H23BrF3N5O2/c21-14-3-1-13(2-4-14)15-11-17(20(22,23)24)29-18(26-15)12-16(27-29)19(30)25-5-6-28-7-9-31-10-8-28/h1-4,12,15,17,26H,5-11H2,(H,25,30)/t15-,17-/m1/s1. The van der Waals surface area contributed by atoms with Crippen LogP contribution in [0.2, 0.25) is 0 Å². The van der Waals surface area contributed by atoms with Crippen molar-refractivity contribution in [1.29, 1.82) is 0 Å². The van der Waals surface area contributed by atoms with E-state index >= 15 is 0 Å². The summed E-state index contributed by atoms with van der Waals surface area (Å²) in [5, 5.41) is 9.83. The quantitative estimate of drug-likeness (QED) is 0.657. The molecule has 2 aliphatic heterocycles. The Morgan fingerprint density at radius 1 is 1.26 bits per heavy atom. The van der Waals surface area contributed by atoms with Crippen molar-refractivity contribution < 1.29 is 22.7 Å². The van der Waals surface area contributed by atoms with Gasteiger partial charge in [-0.1, -0.05) is 28.1 Å². The monoisotopic (exact) mass is 501 g/mol. The summed E-state index contributed by atoms with van der Waals surface area (Å²) in [5.41, 5.74) is 0.705. The normalized spacial score (nSPS) is 21.9. The Kier molecular flexibility index (Phi) is 6.54. The van der Waals surface area contributed by atoms with Crippen LogP contribution in [0.25, 0.3) is 0 Å². The molecule has 1 amide bonds. The highest BCUT2D eigenvalue weighted by atomic mass is 79.9. The van der Waals surface area contributed by atoms with Crippen molar-refractivity contribution in [3.05, 3.63) is 46.1 Å². The van der Waals surface area contributed by atoms with Crippen LogP contribution in [0.3, 0.4) is 0 Å². The number of carbonyl (C=O) groups is 1. The molecule has 3 heterocycles. The van der Waals surface area contributed by atoms with Gasteiger partial charge < -0.3 is 15.4 Å². The Bertz CT molecular complexity index is 913. The first-order valence-corrected chi connectivity index (χ1v) is 10.9. The van der Waals surface area contributed by atoms with E-state index in [-0.39, 0.29) is 17.9 Å². The molecule has 31 heavy (non-hydrogen) atoms. The number of morpholine rings is 1. The maximum absolute atomic E-state index is 13.8. The zero-order valence-electron chi connectivity index (χ0n) is 16.7. The summed E-state index contributed by atoms with van der Waals surface area (Å²) in [5.74, 6) is -0.308. The summed E-state index contributed by atoms with van der Waals surface area (Å²) in [6.07, 6.45) is -4.70. The number of aromatic nitrogens is 2. The molecule has 2 aliphatic rings. The van der Waals surface area contributed by atoms with Gasteiger partial charge in [-0.2, -0.15) is 18.3 Å². The lowest BCUT2D eigenvalue weighted by molar-refractivity contribution is -0.173. The second-order valence-corrected chi connectivity index (χ2v) is 8.53. The lowest BCUT2D eigenvalue weighted by Gasteiger charge is -2.33. The van der Waals surface area contributed by atoms with Crippen LogP contribution in [0, 0.1) is 0 Å². The van der Waals surface area contributed by atoms with E-state index in [9.17, 15) is 18.0 Å². The fourth-order valence-electron chi connectivity index (χ4n) is 3.84. The summed E-state index contributed by atoms with van der Waals surface area (Å²) in [7, 11) is 0. The number of hydrogen-bond donors (Lipinski definition) is 2. The minimum atomic E-state index is -4.49. The number of rotatable bonds is 5. The minimum absolute atomic E-state index is 0.0322. The number of alkyl halides is 3. The number of fused-ring (bicyclic) bond motifs is 1. The summed E-state index contributed by atoms with van der Waals surface area (Å²) in [6, 6.07) is 6.17. The Labute approximate surface area is 186 Å². The largest absolute Gasteiger partial charge is 0.410 e. The topological polar surface area (TPSA) is 71.4 Å². The number of amides is 1. The third-order valence-electron chi connectivity index (χ3n) is 5.51. The lowest BCUT2D eigenvalue weighted by atomic mass is 9.97. The number of halogens is 4. The van der Waals surface area contributed by atoms with Gasteiger partial charge >= 0.3 is 6.18 Å². The molecule has 4 rings (SSSR count). The lowest BCUT2D eigenvalue weighted by Crippen LogP contribution is -2.41. The predicted molar refractivity (Wildman–Crippen MR) is 112 cm³/mol. The Morgan fingerprint density at radius 2 is 1.97 bits per heavy atom. The van der Waals surface area contributed by atoms with Gasteiger partial charge in [-0.3, -0.25) is 9.69 Å². The van der Waals surface area contributed by atoms with E-state index < -0.39 is 24.2 Å². The van der Waals surface area contributed by atoms with Crippen molar-refractivity contribution in [2.24, 2.45) is 0 Å². The molecule has 0 radical (unpaired) electrons. The van der Waals surface area contributed by atoms with Crippen LogP contribution in [0.15, 0.2) is 34.8 Å². The third-order valence-corrected chi connectivity index (χ3v) is 6.04. The van der Waals surface area contributed by atoms with Crippen LogP contribution in [-0.4, -0.2) is 66.2 Å². The van der Waals surface area contributed by atoms with Crippen LogP contribution >= 0.6 is 15.9 Å². The van der Waals surface area contributed by atoms with E-state index in [0.717, 1.165) is 27.8 Å². The average Bonchev–Trinajstić information content (AvgIpc) is 3.18. The highest BCUT2D eigenvalue weighted by Crippen LogP contribution is 2.43. The number of benzene rings is 1. The van der Waals surface area contributed by atoms with Gasteiger partial charge in [-0.15, -0.1) is 0 Å². The molecule has 1 fully saturated rings. The molecular weight excluding hydrogens is 479 g/mol. The number of nitrogens with one attached hydrogen (secondary N) is 2. The van der Waals surface area contributed by atoms with E-state index in [4.69, 9.17) is 4.74 Å². The maximum Gasteiger partial charge on any atom is 0.410 e. The van der Waals surface area contributed by atoms with Gasteiger partial charge in [0.2, 0.25) is 0 Å². The van der Waals surface area contributed by atoms with Crippen LogP contribution in [0.5, 0.6) is 0 Å². The van der Waals surface area contributed by atoms with Gasteiger partial charge in [-0.25, -0.2) is 4.68 Å².